The summed E-state index contributed by atoms with van der Waals surface area (Å²) >= 11 is 1.16. The van der Waals surface area contributed by atoms with Gasteiger partial charge in [-0.3, -0.25) is 9.59 Å². The van der Waals surface area contributed by atoms with E-state index in [0.29, 0.717) is 13.0 Å². The van der Waals surface area contributed by atoms with E-state index in [2.05, 4.69) is 0 Å². The third-order valence-corrected chi connectivity index (χ3v) is 3.13. The molecular weight excluding hydrogens is 218 g/mol. The van der Waals surface area contributed by atoms with Gasteiger partial charge in [-0.1, -0.05) is 11.8 Å². The van der Waals surface area contributed by atoms with Crippen LogP contribution in [0.4, 0.5) is 0 Å². The first-order chi connectivity index (χ1) is 7.02. The molecule has 0 saturated carbocycles. The monoisotopic (exact) mass is 233 g/mol. The molecule has 1 aliphatic rings. The van der Waals surface area contributed by atoms with E-state index in [9.17, 15) is 14.7 Å². The predicted molar refractivity (Wildman–Crippen MR) is 56.3 cm³/mol. The number of β-amino-alcohol motifs (C(OH)–C–C–N with tert-alkyl or cyclic N) is 1. The first kappa shape index (κ1) is 12.5. The smallest absolute Gasteiger partial charge is 0.223 e. The van der Waals surface area contributed by atoms with Crippen molar-refractivity contribution in [1.29, 1.82) is 0 Å². The van der Waals surface area contributed by atoms with Gasteiger partial charge in [0.15, 0.2) is 5.12 Å². The van der Waals surface area contributed by atoms with Crippen molar-refractivity contribution in [2.45, 2.75) is 24.7 Å². The molecule has 5 nitrogen and oxygen atoms in total. The Morgan fingerprint density at radius 1 is 1.73 bits per heavy atom. The van der Waals surface area contributed by atoms with E-state index in [1.807, 2.05) is 0 Å². The molecule has 15 heavy (non-hydrogen) atoms. The minimum Gasteiger partial charge on any atom is -0.394 e. The van der Waals surface area contributed by atoms with Crippen molar-refractivity contribution in [1.82, 2.24) is 4.90 Å². The molecule has 1 aliphatic heterocycles. The number of aliphatic hydroxyl groups is 2. The quantitative estimate of drug-likeness (QED) is 0.666. The second kappa shape index (κ2) is 5.48. The van der Waals surface area contributed by atoms with E-state index in [-0.39, 0.29) is 29.4 Å². The molecular formula is C9H15NO4S. The highest BCUT2D eigenvalue weighted by Gasteiger charge is 2.31. The van der Waals surface area contributed by atoms with Gasteiger partial charge in [-0.15, -0.1) is 0 Å². The molecule has 1 heterocycles. The highest BCUT2D eigenvalue weighted by atomic mass is 32.2. The summed E-state index contributed by atoms with van der Waals surface area (Å²) in [5.74, 6) is -0.0683. The zero-order valence-corrected chi connectivity index (χ0v) is 9.37. The number of hydrogen-bond donors (Lipinski definition) is 2. The highest BCUT2D eigenvalue weighted by Crippen LogP contribution is 2.24. The normalized spacial score (nSPS) is 23.3. The Balaban J connectivity index is 2.42. The van der Waals surface area contributed by atoms with Crippen molar-refractivity contribution in [3.8, 4) is 0 Å². The molecule has 0 aliphatic carbocycles. The first-order valence-electron chi connectivity index (χ1n) is 4.77. The summed E-state index contributed by atoms with van der Waals surface area (Å²) in [7, 11) is 0. The second-order valence-electron chi connectivity index (χ2n) is 3.57. The second-order valence-corrected chi connectivity index (χ2v) is 5.05. The SMILES string of the molecule is CC(=O)SC1CC(=O)N(CC(O)CO)C1. The number of thioether (sulfide) groups is 1. The molecule has 86 valence electrons. The lowest BCUT2D eigenvalue weighted by Gasteiger charge is -2.18. The summed E-state index contributed by atoms with van der Waals surface area (Å²) in [5.41, 5.74) is 0. The Morgan fingerprint density at radius 3 is 2.93 bits per heavy atom. The molecule has 1 amide bonds. The average Bonchev–Trinajstić information content (AvgIpc) is 2.45. The number of nitrogens with zero attached hydrogens (tertiary/aromatic N) is 1. The molecule has 1 rings (SSSR count). The lowest BCUT2D eigenvalue weighted by molar-refractivity contribution is -0.129. The van der Waals surface area contributed by atoms with Gasteiger partial charge in [0.05, 0.1) is 12.7 Å². The minimum atomic E-state index is -0.893. The van der Waals surface area contributed by atoms with Crippen molar-refractivity contribution >= 4 is 22.8 Å². The van der Waals surface area contributed by atoms with E-state index in [4.69, 9.17) is 5.11 Å². The zero-order chi connectivity index (χ0) is 11.4. The number of carbonyl (C=O) groups is 2. The maximum absolute atomic E-state index is 11.4. The largest absolute Gasteiger partial charge is 0.394 e. The standard InChI is InChI=1S/C9H15NO4S/c1-6(12)15-8-2-9(14)10(4-8)3-7(13)5-11/h7-8,11,13H,2-5H2,1H3. The van der Waals surface area contributed by atoms with Crippen LogP contribution in [-0.4, -0.2) is 57.2 Å². The maximum atomic E-state index is 11.4. The Labute approximate surface area is 92.4 Å². The van der Waals surface area contributed by atoms with E-state index < -0.39 is 6.10 Å². The van der Waals surface area contributed by atoms with Crippen LogP contribution in [0.2, 0.25) is 0 Å². The number of likely N-dealkylation sites (tertiary alicyclic amines) is 1. The van der Waals surface area contributed by atoms with Gasteiger partial charge >= 0.3 is 0 Å². The lowest BCUT2D eigenvalue weighted by atomic mass is 10.3. The van der Waals surface area contributed by atoms with Gasteiger partial charge in [0.2, 0.25) is 5.91 Å². The Hall–Kier alpha value is -0.590. The molecule has 0 aromatic rings. The van der Waals surface area contributed by atoms with Crippen LogP contribution in [0.15, 0.2) is 0 Å². The van der Waals surface area contributed by atoms with Crippen LogP contribution in [0.25, 0.3) is 0 Å². The highest BCUT2D eigenvalue weighted by molar-refractivity contribution is 8.14. The van der Waals surface area contributed by atoms with Crippen LogP contribution >= 0.6 is 11.8 Å². The molecule has 0 aromatic carbocycles. The van der Waals surface area contributed by atoms with Gasteiger partial charge in [0, 0.05) is 31.7 Å². The fourth-order valence-corrected chi connectivity index (χ4v) is 2.49. The number of rotatable bonds is 4. The number of amides is 1. The molecule has 1 fully saturated rings. The lowest BCUT2D eigenvalue weighted by Crippen LogP contribution is -2.35. The van der Waals surface area contributed by atoms with E-state index >= 15 is 0 Å². The maximum Gasteiger partial charge on any atom is 0.223 e. The van der Waals surface area contributed by atoms with Gasteiger partial charge in [-0.2, -0.15) is 0 Å². The van der Waals surface area contributed by atoms with Crippen molar-refractivity contribution < 1.29 is 19.8 Å². The minimum absolute atomic E-state index is 0.00245. The molecule has 0 aromatic heterocycles. The Morgan fingerprint density at radius 2 is 2.40 bits per heavy atom. The van der Waals surface area contributed by atoms with E-state index in [0.717, 1.165) is 11.8 Å². The fraction of sp³-hybridized carbons (Fsp3) is 0.778. The third-order valence-electron chi connectivity index (χ3n) is 2.15. The fourth-order valence-electron chi connectivity index (χ4n) is 1.54. The van der Waals surface area contributed by atoms with Crippen LogP contribution in [0, 0.1) is 0 Å². The summed E-state index contributed by atoms with van der Waals surface area (Å²) in [6, 6.07) is 0. The predicted octanol–water partition coefficient (Wildman–Crippen LogP) is -0.780. The molecule has 6 heteroatoms. The summed E-state index contributed by atoms with van der Waals surface area (Å²) in [6.07, 6.45) is -0.558. The topological polar surface area (TPSA) is 77.8 Å². The van der Waals surface area contributed by atoms with Crippen molar-refractivity contribution in [3.05, 3.63) is 0 Å². The van der Waals surface area contributed by atoms with Gasteiger partial charge in [-0.05, 0) is 0 Å². The van der Waals surface area contributed by atoms with Crippen LogP contribution < -0.4 is 0 Å². The van der Waals surface area contributed by atoms with Gasteiger partial charge in [0.25, 0.3) is 0 Å². The number of carbonyl (C=O) groups excluding carboxylic acids is 2. The summed E-state index contributed by atoms with van der Waals surface area (Å²) in [6.45, 7) is 1.74. The van der Waals surface area contributed by atoms with Crippen LogP contribution in [-0.2, 0) is 9.59 Å². The van der Waals surface area contributed by atoms with Crippen LogP contribution in [0.1, 0.15) is 13.3 Å². The molecule has 1 saturated heterocycles. The molecule has 0 radical (unpaired) electrons. The number of hydrogen-bond acceptors (Lipinski definition) is 5. The number of aliphatic hydroxyl groups excluding tert-OH is 2. The summed E-state index contributed by atoms with van der Waals surface area (Å²) < 4.78 is 0. The van der Waals surface area contributed by atoms with Gasteiger partial charge in [-0.25, -0.2) is 0 Å². The van der Waals surface area contributed by atoms with Crippen molar-refractivity contribution in [2.24, 2.45) is 0 Å². The molecule has 2 unspecified atom stereocenters. The van der Waals surface area contributed by atoms with E-state index in [1.165, 1.54) is 11.8 Å². The van der Waals surface area contributed by atoms with Gasteiger partial charge in [0.1, 0.15) is 0 Å². The van der Waals surface area contributed by atoms with Gasteiger partial charge < -0.3 is 15.1 Å². The summed E-state index contributed by atoms with van der Waals surface area (Å²) in [5, 5.41) is 17.8. The third kappa shape index (κ3) is 3.81. The molecule has 2 N–H and O–H groups in total. The zero-order valence-electron chi connectivity index (χ0n) is 8.55. The van der Waals surface area contributed by atoms with Crippen molar-refractivity contribution in [2.75, 3.05) is 19.7 Å². The molecule has 0 bridgehead atoms. The Kier molecular flexibility index (Phi) is 4.56. The molecule has 2 atom stereocenters. The molecule has 0 spiro atoms. The summed E-state index contributed by atoms with van der Waals surface area (Å²) in [4.78, 5) is 23.7. The van der Waals surface area contributed by atoms with Crippen LogP contribution in [0.3, 0.4) is 0 Å². The first-order valence-corrected chi connectivity index (χ1v) is 5.64. The average molecular weight is 233 g/mol. The van der Waals surface area contributed by atoms with E-state index in [1.54, 1.807) is 0 Å². The van der Waals surface area contributed by atoms with Crippen molar-refractivity contribution in [3.63, 3.8) is 0 Å². The Bertz CT molecular complexity index is 258. The van der Waals surface area contributed by atoms with Crippen LogP contribution in [0.5, 0.6) is 0 Å².